The first-order valence-corrected chi connectivity index (χ1v) is 14.0. The van der Waals surface area contributed by atoms with Gasteiger partial charge in [0.1, 0.15) is 0 Å². The summed E-state index contributed by atoms with van der Waals surface area (Å²) in [5.74, 6) is 1.14. The Morgan fingerprint density at radius 1 is 1.00 bits per heavy atom. The van der Waals surface area contributed by atoms with E-state index >= 15 is 0 Å². The number of rotatable bonds is 7. The highest BCUT2D eigenvalue weighted by molar-refractivity contribution is 7.99. The van der Waals surface area contributed by atoms with Crippen LogP contribution in [-0.2, 0) is 11.3 Å². The first-order chi connectivity index (χ1) is 16.7. The quantitative estimate of drug-likeness (QED) is 0.442. The Morgan fingerprint density at radius 2 is 1.65 bits per heavy atom. The standard InChI is InChI=1S/C26H35N5O2S/c1-2-17-29-24(33)21-15-9-10-16-22(21)31-25(29)27-28-26(31)34-18-23(32)30(19-11-5-3-6-12-19)20-13-7-4-8-14-20/h9-10,15-16,19-20H,2-8,11-14,17-18H2,1H3. The van der Waals surface area contributed by atoms with Crippen LogP contribution in [0.2, 0.25) is 0 Å². The lowest BCUT2D eigenvalue weighted by Crippen LogP contribution is -2.49. The summed E-state index contributed by atoms with van der Waals surface area (Å²) in [5, 5.41) is 10.1. The largest absolute Gasteiger partial charge is 0.336 e. The highest BCUT2D eigenvalue weighted by Gasteiger charge is 2.32. The maximum absolute atomic E-state index is 13.7. The van der Waals surface area contributed by atoms with Gasteiger partial charge in [0.25, 0.3) is 5.56 Å². The fourth-order valence-electron chi connectivity index (χ4n) is 5.88. The van der Waals surface area contributed by atoms with Crippen molar-refractivity contribution in [3.63, 3.8) is 0 Å². The second-order valence-electron chi connectivity index (χ2n) is 9.77. The molecule has 2 aliphatic rings. The van der Waals surface area contributed by atoms with Gasteiger partial charge in [0, 0.05) is 18.6 Å². The molecule has 1 amide bonds. The molecule has 0 saturated heterocycles. The van der Waals surface area contributed by atoms with E-state index in [2.05, 4.69) is 15.1 Å². The molecule has 0 aliphatic heterocycles. The molecule has 2 heterocycles. The van der Waals surface area contributed by atoms with Gasteiger partial charge in [-0.1, -0.05) is 69.3 Å². The highest BCUT2D eigenvalue weighted by atomic mass is 32.2. The van der Waals surface area contributed by atoms with Crippen LogP contribution >= 0.6 is 11.8 Å². The van der Waals surface area contributed by atoms with Crippen molar-refractivity contribution in [2.45, 2.75) is 101 Å². The SMILES string of the molecule is CCCn1c(=O)c2ccccc2n2c(SCC(=O)N(C3CCCCC3)C3CCCCC3)nnc12. The van der Waals surface area contributed by atoms with Crippen molar-refractivity contribution in [3.8, 4) is 0 Å². The lowest BCUT2D eigenvalue weighted by molar-refractivity contribution is -0.135. The summed E-state index contributed by atoms with van der Waals surface area (Å²) < 4.78 is 3.66. The Balaban J connectivity index is 1.44. The molecule has 0 unspecified atom stereocenters. The summed E-state index contributed by atoms with van der Waals surface area (Å²) in [4.78, 5) is 29.0. The van der Waals surface area contributed by atoms with Crippen molar-refractivity contribution in [1.82, 2.24) is 24.1 Å². The van der Waals surface area contributed by atoms with Crippen LogP contribution in [0, 0.1) is 0 Å². The molecule has 0 spiro atoms. The van der Waals surface area contributed by atoms with Crippen molar-refractivity contribution in [2.24, 2.45) is 0 Å². The number of carbonyl (C=O) groups excluding carboxylic acids is 1. The van der Waals surface area contributed by atoms with Crippen LogP contribution in [0.15, 0.2) is 34.2 Å². The van der Waals surface area contributed by atoms with Gasteiger partial charge in [-0.25, -0.2) is 0 Å². The fourth-order valence-corrected chi connectivity index (χ4v) is 6.69. The van der Waals surface area contributed by atoms with Crippen molar-refractivity contribution in [1.29, 1.82) is 0 Å². The number of fused-ring (bicyclic) bond motifs is 3. The van der Waals surface area contributed by atoms with Gasteiger partial charge in [0.2, 0.25) is 11.7 Å². The molecule has 8 heteroatoms. The lowest BCUT2D eigenvalue weighted by Gasteiger charge is -2.41. The zero-order valence-electron chi connectivity index (χ0n) is 20.1. The average molecular weight is 482 g/mol. The van der Waals surface area contributed by atoms with Crippen LogP contribution in [0.4, 0.5) is 0 Å². The summed E-state index contributed by atoms with van der Waals surface area (Å²) in [7, 11) is 0. The molecule has 2 saturated carbocycles. The minimum absolute atomic E-state index is 0.0363. The van der Waals surface area contributed by atoms with E-state index in [4.69, 9.17) is 0 Å². The zero-order valence-corrected chi connectivity index (χ0v) is 20.9. The third-order valence-electron chi connectivity index (χ3n) is 7.47. The number of thioether (sulfide) groups is 1. The van der Waals surface area contributed by atoms with Gasteiger partial charge in [0.05, 0.1) is 16.7 Å². The molecule has 1 aromatic carbocycles. The van der Waals surface area contributed by atoms with Crippen molar-refractivity contribution < 1.29 is 4.79 Å². The molecular formula is C26H35N5O2S. The van der Waals surface area contributed by atoms with Crippen molar-refractivity contribution in [2.75, 3.05) is 5.75 Å². The molecule has 7 nitrogen and oxygen atoms in total. The van der Waals surface area contributed by atoms with Crippen LogP contribution in [0.3, 0.4) is 0 Å². The number of hydrogen-bond acceptors (Lipinski definition) is 5. The van der Waals surface area contributed by atoms with Gasteiger partial charge in [-0.3, -0.25) is 18.6 Å². The number of carbonyl (C=O) groups is 1. The predicted octanol–water partition coefficient (Wildman–Crippen LogP) is 5.04. The van der Waals surface area contributed by atoms with E-state index in [1.54, 1.807) is 4.57 Å². The summed E-state index contributed by atoms with van der Waals surface area (Å²) in [6.07, 6.45) is 12.8. The average Bonchev–Trinajstić information content (AvgIpc) is 3.31. The maximum Gasteiger partial charge on any atom is 0.262 e. The van der Waals surface area contributed by atoms with Gasteiger partial charge < -0.3 is 4.90 Å². The van der Waals surface area contributed by atoms with Gasteiger partial charge in [-0.2, -0.15) is 0 Å². The minimum Gasteiger partial charge on any atom is -0.336 e. The Labute approximate surface area is 204 Å². The van der Waals surface area contributed by atoms with Crippen LogP contribution in [0.5, 0.6) is 0 Å². The molecule has 0 bridgehead atoms. The van der Waals surface area contributed by atoms with E-state index < -0.39 is 0 Å². The van der Waals surface area contributed by atoms with E-state index in [9.17, 15) is 9.59 Å². The molecule has 0 atom stereocenters. The van der Waals surface area contributed by atoms with Gasteiger partial charge >= 0.3 is 0 Å². The molecule has 5 rings (SSSR count). The van der Waals surface area contributed by atoms with Crippen LogP contribution in [-0.4, -0.2) is 47.8 Å². The van der Waals surface area contributed by atoms with E-state index in [1.165, 1.54) is 50.3 Å². The zero-order chi connectivity index (χ0) is 23.5. The Morgan fingerprint density at radius 3 is 2.29 bits per heavy atom. The molecule has 2 fully saturated rings. The Bertz CT molecular complexity index is 1190. The van der Waals surface area contributed by atoms with Gasteiger partial charge in [-0.15, -0.1) is 10.2 Å². The number of amides is 1. The van der Waals surface area contributed by atoms with Crippen molar-refractivity contribution >= 4 is 34.3 Å². The summed E-state index contributed by atoms with van der Waals surface area (Å²) in [5.41, 5.74) is 0.761. The molecule has 34 heavy (non-hydrogen) atoms. The number of hydrogen-bond donors (Lipinski definition) is 0. The van der Waals surface area contributed by atoms with Gasteiger partial charge in [0.15, 0.2) is 5.16 Å². The molecule has 0 radical (unpaired) electrons. The summed E-state index contributed by atoms with van der Waals surface area (Å²) in [6, 6.07) is 8.38. The maximum atomic E-state index is 13.7. The van der Waals surface area contributed by atoms with Crippen LogP contribution in [0.25, 0.3) is 16.7 Å². The summed E-state index contributed by atoms with van der Waals surface area (Å²) >= 11 is 1.45. The van der Waals surface area contributed by atoms with Crippen molar-refractivity contribution in [3.05, 3.63) is 34.6 Å². The molecular weight excluding hydrogens is 446 g/mol. The van der Waals surface area contributed by atoms with E-state index in [-0.39, 0.29) is 11.5 Å². The summed E-state index contributed by atoms with van der Waals surface area (Å²) in [6.45, 7) is 2.64. The molecule has 2 aliphatic carbocycles. The van der Waals surface area contributed by atoms with E-state index in [0.29, 0.717) is 40.7 Å². The van der Waals surface area contributed by atoms with Crippen LogP contribution < -0.4 is 5.56 Å². The monoisotopic (exact) mass is 481 g/mol. The highest BCUT2D eigenvalue weighted by Crippen LogP contribution is 2.31. The lowest BCUT2D eigenvalue weighted by atomic mass is 9.88. The fraction of sp³-hybridized carbons (Fsp3) is 0.615. The smallest absolute Gasteiger partial charge is 0.262 e. The second kappa shape index (κ2) is 10.5. The Kier molecular flexibility index (Phi) is 7.23. The third kappa shape index (κ3) is 4.49. The number of aryl methyl sites for hydroxylation is 1. The first kappa shape index (κ1) is 23.4. The Hall–Kier alpha value is -2.35. The molecule has 0 N–H and O–H groups in total. The molecule has 2 aromatic heterocycles. The molecule has 182 valence electrons. The van der Waals surface area contributed by atoms with Gasteiger partial charge in [-0.05, 0) is 44.2 Å². The normalized spacial score (nSPS) is 18.0. The second-order valence-corrected chi connectivity index (χ2v) is 10.7. The third-order valence-corrected chi connectivity index (χ3v) is 8.39. The van der Waals surface area contributed by atoms with E-state index in [0.717, 1.165) is 37.6 Å². The topological polar surface area (TPSA) is 72.5 Å². The number of nitrogens with zero attached hydrogens (tertiary/aromatic N) is 5. The van der Waals surface area contributed by atoms with Crippen LogP contribution in [0.1, 0.15) is 77.6 Å². The predicted molar refractivity (Wildman–Crippen MR) is 136 cm³/mol. The first-order valence-electron chi connectivity index (χ1n) is 13.0. The number of aromatic nitrogens is 4. The number of benzene rings is 1. The van der Waals surface area contributed by atoms with E-state index in [1.807, 2.05) is 35.6 Å². The molecule has 3 aromatic rings. The number of para-hydroxylation sites is 1. The minimum atomic E-state index is -0.0363.